The summed E-state index contributed by atoms with van der Waals surface area (Å²) in [5, 5.41) is 7.98. The molecule has 0 spiro atoms. The maximum atomic E-state index is 12.5. The van der Waals surface area contributed by atoms with E-state index in [0.29, 0.717) is 43.1 Å². The largest absolute Gasteiger partial charge is 0.379 e. The van der Waals surface area contributed by atoms with Crippen LogP contribution in [-0.2, 0) is 4.74 Å². The predicted molar refractivity (Wildman–Crippen MR) is 93.9 cm³/mol. The molecule has 0 radical (unpaired) electrons. The molecule has 1 atom stereocenters. The van der Waals surface area contributed by atoms with Crippen LogP contribution in [0.15, 0.2) is 30.3 Å². The molecule has 6 nitrogen and oxygen atoms in total. The quantitative estimate of drug-likeness (QED) is 0.905. The molecule has 2 heterocycles. The first-order valence-corrected chi connectivity index (χ1v) is 8.37. The molecule has 1 aliphatic rings. The summed E-state index contributed by atoms with van der Waals surface area (Å²) in [7, 11) is 0. The van der Waals surface area contributed by atoms with Gasteiger partial charge in [-0.05, 0) is 31.0 Å². The monoisotopic (exact) mass is 348 g/mol. The fourth-order valence-corrected chi connectivity index (χ4v) is 2.94. The average molecular weight is 349 g/mol. The summed E-state index contributed by atoms with van der Waals surface area (Å²) < 4.78 is 7.24. The third-order valence-corrected chi connectivity index (χ3v) is 4.14. The number of hydrogen-bond donors (Lipinski definition) is 1. The zero-order valence-electron chi connectivity index (χ0n) is 13.8. The lowest BCUT2D eigenvalue weighted by molar-refractivity contribution is 0.127. The van der Waals surface area contributed by atoms with Gasteiger partial charge in [-0.1, -0.05) is 24.6 Å². The number of halogens is 1. The molecular weight excluding hydrogens is 328 g/mol. The van der Waals surface area contributed by atoms with E-state index < -0.39 is 0 Å². The maximum Gasteiger partial charge on any atom is 0.323 e. The molecule has 1 aliphatic heterocycles. The van der Waals surface area contributed by atoms with E-state index in [-0.39, 0.29) is 6.03 Å². The topological polar surface area (TPSA) is 59.4 Å². The van der Waals surface area contributed by atoms with Crippen LogP contribution in [0, 0.1) is 12.8 Å². The Balaban J connectivity index is 1.74. The summed E-state index contributed by atoms with van der Waals surface area (Å²) in [4.78, 5) is 14.2. The number of carbonyl (C=O) groups excluding carboxylic acids is 1. The van der Waals surface area contributed by atoms with Gasteiger partial charge in [-0.25, -0.2) is 9.48 Å². The molecule has 2 amide bonds. The van der Waals surface area contributed by atoms with E-state index in [0.717, 1.165) is 11.4 Å². The number of amides is 2. The number of rotatable bonds is 2. The van der Waals surface area contributed by atoms with Crippen LogP contribution in [-0.4, -0.2) is 47.0 Å². The van der Waals surface area contributed by atoms with Crippen LogP contribution in [0.3, 0.4) is 0 Å². The Hall–Kier alpha value is -2.05. The van der Waals surface area contributed by atoms with Gasteiger partial charge in [-0.3, -0.25) is 5.32 Å². The summed E-state index contributed by atoms with van der Waals surface area (Å²) in [5.74, 6) is 0.847. The van der Waals surface area contributed by atoms with Gasteiger partial charge in [0.2, 0.25) is 0 Å². The number of hydrogen-bond acceptors (Lipinski definition) is 3. The number of aryl methyl sites for hydroxylation is 1. The van der Waals surface area contributed by atoms with E-state index in [1.165, 1.54) is 0 Å². The van der Waals surface area contributed by atoms with Crippen molar-refractivity contribution in [2.24, 2.45) is 5.92 Å². The minimum Gasteiger partial charge on any atom is -0.379 e. The van der Waals surface area contributed by atoms with Gasteiger partial charge in [-0.15, -0.1) is 5.10 Å². The molecule has 1 fully saturated rings. The third-order valence-electron chi connectivity index (χ3n) is 3.90. The molecule has 0 aliphatic carbocycles. The number of urea groups is 1. The minimum absolute atomic E-state index is 0.150. The number of aromatic nitrogens is 2. The number of carbonyl (C=O) groups is 1. The van der Waals surface area contributed by atoms with Crippen molar-refractivity contribution in [3.05, 3.63) is 41.0 Å². The van der Waals surface area contributed by atoms with Crippen molar-refractivity contribution < 1.29 is 9.53 Å². The standard InChI is InChI=1S/C17H21ClN4O2/c1-12-10-21(6-7-24-11-12)17(23)19-16-8-13(2)22(20-16)15-5-3-4-14(18)9-15/h3-5,8-9,12H,6-7,10-11H2,1-2H3,(H,19,20,23). The van der Waals surface area contributed by atoms with Gasteiger partial charge >= 0.3 is 6.03 Å². The molecule has 7 heteroatoms. The van der Waals surface area contributed by atoms with E-state index in [9.17, 15) is 4.79 Å². The molecule has 24 heavy (non-hydrogen) atoms. The van der Waals surface area contributed by atoms with Crippen LogP contribution in [0.2, 0.25) is 5.02 Å². The molecule has 0 saturated carbocycles. The number of anilines is 1. The Morgan fingerprint density at radius 2 is 2.25 bits per heavy atom. The molecular formula is C17H21ClN4O2. The lowest BCUT2D eigenvalue weighted by atomic mass is 10.2. The second-order valence-corrected chi connectivity index (χ2v) is 6.56. The lowest BCUT2D eigenvalue weighted by Gasteiger charge is -2.21. The zero-order chi connectivity index (χ0) is 17.1. The van der Waals surface area contributed by atoms with Gasteiger partial charge in [0, 0.05) is 29.9 Å². The maximum absolute atomic E-state index is 12.5. The Labute approximate surface area is 146 Å². The van der Waals surface area contributed by atoms with Crippen LogP contribution in [0.4, 0.5) is 10.6 Å². The number of benzene rings is 1. The molecule has 1 unspecified atom stereocenters. The van der Waals surface area contributed by atoms with Crippen LogP contribution >= 0.6 is 11.6 Å². The highest BCUT2D eigenvalue weighted by Gasteiger charge is 2.20. The summed E-state index contributed by atoms with van der Waals surface area (Å²) >= 11 is 6.04. The SMILES string of the molecule is Cc1cc(NC(=O)N2CCOCC(C)C2)nn1-c1cccc(Cl)c1. The highest BCUT2D eigenvalue weighted by atomic mass is 35.5. The van der Waals surface area contributed by atoms with Gasteiger partial charge in [0.05, 0.1) is 18.9 Å². The Kier molecular flexibility index (Phi) is 5.06. The van der Waals surface area contributed by atoms with Crippen molar-refractivity contribution in [3.8, 4) is 5.69 Å². The number of ether oxygens (including phenoxy) is 1. The molecule has 1 saturated heterocycles. The van der Waals surface area contributed by atoms with Crippen LogP contribution < -0.4 is 5.32 Å². The van der Waals surface area contributed by atoms with Crippen molar-refractivity contribution in [2.75, 3.05) is 31.6 Å². The van der Waals surface area contributed by atoms with Crippen LogP contribution in [0.1, 0.15) is 12.6 Å². The third kappa shape index (κ3) is 3.88. The van der Waals surface area contributed by atoms with Gasteiger partial charge in [0.1, 0.15) is 0 Å². The molecule has 0 bridgehead atoms. The van der Waals surface area contributed by atoms with E-state index in [1.54, 1.807) is 9.58 Å². The fourth-order valence-electron chi connectivity index (χ4n) is 2.76. The van der Waals surface area contributed by atoms with Crippen molar-refractivity contribution in [2.45, 2.75) is 13.8 Å². The Bertz CT molecular complexity index is 731. The highest BCUT2D eigenvalue weighted by Crippen LogP contribution is 2.19. The number of nitrogens with one attached hydrogen (secondary N) is 1. The van der Waals surface area contributed by atoms with Crippen molar-refractivity contribution in [3.63, 3.8) is 0 Å². The summed E-state index contributed by atoms with van der Waals surface area (Å²) in [6.45, 7) is 6.53. The summed E-state index contributed by atoms with van der Waals surface area (Å²) in [5.41, 5.74) is 1.78. The highest BCUT2D eigenvalue weighted by molar-refractivity contribution is 6.30. The second kappa shape index (κ2) is 7.23. The van der Waals surface area contributed by atoms with Crippen LogP contribution in [0.25, 0.3) is 5.69 Å². The first-order valence-electron chi connectivity index (χ1n) is 7.99. The molecule has 1 N–H and O–H groups in total. The Morgan fingerprint density at radius 3 is 3.04 bits per heavy atom. The van der Waals surface area contributed by atoms with Crippen molar-refractivity contribution in [1.29, 1.82) is 0 Å². The summed E-state index contributed by atoms with van der Waals surface area (Å²) in [6.07, 6.45) is 0. The number of nitrogens with zero attached hydrogens (tertiary/aromatic N) is 3. The minimum atomic E-state index is -0.150. The van der Waals surface area contributed by atoms with E-state index in [2.05, 4.69) is 17.3 Å². The normalized spacial score (nSPS) is 18.3. The lowest BCUT2D eigenvalue weighted by Crippen LogP contribution is -2.38. The second-order valence-electron chi connectivity index (χ2n) is 6.12. The first-order chi connectivity index (χ1) is 11.5. The van der Waals surface area contributed by atoms with Gasteiger partial charge in [0.25, 0.3) is 0 Å². The summed E-state index contributed by atoms with van der Waals surface area (Å²) in [6, 6.07) is 9.14. The van der Waals surface area contributed by atoms with Gasteiger partial charge in [0.15, 0.2) is 5.82 Å². The van der Waals surface area contributed by atoms with Gasteiger partial charge in [-0.2, -0.15) is 0 Å². The fraction of sp³-hybridized carbons (Fsp3) is 0.412. The van der Waals surface area contributed by atoms with Crippen molar-refractivity contribution in [1.82, 2.24) is 14.7 Å². The van der Waals surface area contributed by atoms with Crippen LogP contribution in [0.5, 0.6) is 0 Å². The molecule has 2 aromatic rings. The molecule has 1 aromatic carbocycles. The van der Waals surface area contributed by atoms with E-state index in [1.807, 2.05) is 37.3 Å². The molecule has 128 valence electrons. The van der Waals surface area contributed by atoms with E-state index in [4.69, 9.17) is 16.3 Å². The zero-order valence-corrected chi connectivity index (χ0v) is 14.6. The average Bonchev–Trinajstić information content (AvgIpc) is 2.76. The van der Waals surface area contributed by atoms with Crippen molar-refractivity contribution >= 4 is 23.4 Å². The first kappa shape index (κ1) is 16.8. The Morgan fingerprint density at radius 1 is 1.42 bits per heavy atom. The molecule has 1 aromatic heterocycles. The van der Waals surface area contributed by atoms with E-state index >= 15 is 0 Å². The predicted octanol–water partition coefficient (Wildman–Crippen LogP) is 3.33. The molecule has 3 rings (SSSR count). The van der Waals surface area contributed by atoms with Gasteiger partial charge < -0.3 is 9.64 Å². The smallest absolute Gasteiger partial charge is 0.323 e.